The molecule has 0 aliphatic carbocycles. The molecule has 20 heavy (non-hydrogen) atoms. The third-order valence-corrected chi connectivity index (χ3v) is 3.44. The molecule has 0 saturated heterocycles. The first-order chi connectivity index (χ1) is 9.47. The molecular formula is C15H14BrF2NO. The first-order valence-electron chi connectivity index (χ1n) is 6.10. The number of nitrogens with two attached hydrogens (primary N) is 1. The van der Waals surface area contributed by atoms with Crippen molar-refractivity contribution in [1.29, 1.82) is 0 Å². The molecule has 2 rings (SSSR count). The van der Waals surface area contributed by atoms with Crippen molar-refractivity contribution in [3.8, 4) is 5.75 Å². The van der Waals surface area contributed by atoms with Gasteiger partial charge in [-0.15, -0.1) is 0 Å². The number of benzene rings is 2. The Hall–Kier alpha value is -1.46. The molecule has 5 heteroatoms. The lowest BCUT2D eigenvalue weighted by atomic mass is 10.0. The molecule has 0 saturated carbocycles. The second-order valence-electron chi connectivity index (χ2n) is 4.52. The lowest BCUT2D eigenvalue weighted by molar-refractivity contribution is 0.179. The molecule has 0 aromatic heterocycles. The molecule has 2 atom stereocenters. The molecule has 0 fully saturated rings. The molecule has 0 amide bonds. The quantitative estimate of drug-likeness (QED) is 0.904. The van der Waals surface area contributed by atoms with Gasteiger partial charge in [-0.05, 0) is 58.7 Å². The van der Waals surface area contributed by atoms with Gasteiger partial charge >= 0.3 is 0 Å². The van der Waals surface area contributed by atoms with E-state index in [1.54, 1.807) is 19.1 Å². The number of halogens is 3. The van der Waals surface area contributed by atoms with E-state index in [1.807, 2.05) is 0 Å². The van der Waals surface area contributed by atoms with Crippen molar-refractivity contribution in [3.63, 3.8) is 0 Å². The van der Waals surface area contributed by atoms with Crippen LogP contribution >= 0.6 is 15.9 Å². The number of hydrogen-bond acceptors (Lipinski definition) is 2. The summed E-state index contributed by atoms with van der Waals surface area (Å²) >= 11 is 3.24. The van der Waals surface area contributed by atoms with Crippen LogP contribution in [0, 0.1) is 11.6 Å². The highest BCUT2D eigenvalue weighted by Gasteiger charge is 2.19. The van der Waals surface area contributed by atoms with E-state index in [9.17, 15) is 8.78 Å². The van der Waals surface area contributed by atoms with Crippen molar-refractivity contribution in [1.82, 2.24) is 0 Å². The van der Waals surface area contributed by atoms with Crippen molar-refractivity contribution in [2.45, 2.75) is 19.1 Å². The van der Waals surface area contributed by atoms with E-state index in [1.165, 1.54) is 30.3 Å². The van der Waals surface area contributed by atoms with Gasteiger partial charge in [0.2, 0.25) is 0 Å². The van der Waals surface area contributed by atoms with E-state index >= 15 is 0 Å². The van der Waals surface area contributed by atoms with Crippen LogP contribution in [0.5, 0.6) is 5.75 Å². The first-order valence-corrected chi connectivity index (χ1v) is 6.89. The summed E-state index contributed by atoms with van der Waals surface area (Å²) in [5, 5.41) is 0. The fraction of sp³-hybridized carbons (Fsp3) is 0.200. The Morgan fingerprint density at radius 1 is 1.05 bits per heavy atom. The number of hydrogen-bond donors (Lipinski definition) is 1. The maximum absolute atomic E-state index is 13.1. The van der Waals surface area contributed by atoms with Gasteiger partial charge in [0.1, 0.15) is 23.5 Å². The maximum atomic E-state index is 13.1. The van der Waals surface area contributed by atoms with Crippen LogP contribution in [0.1, 0.15) is 18.6 Å². The zero-order valence-corrected chi connectivity index (χ0v) is 12.4. The molecule has 2 aromatic rings. The summed E-state index contributed by atoms with van der Waals surface area (Å²) in [6.45, 7) is 1.80. The Morgan fingerprint density at radius 3 is 2.20 bits per heavy atom. The van der Waals surface area contributed by atoms with Gasteiger partial charge in [0, 0.05) is 6.04 Å². The summed E-state index contributed by atoms with van der Waals surface area (Å²) in [5.74, 6) is -0.193. The molecule has 2 N–H and O–H groups in total. The predicted octanol–water partition coefficient (Wildman–Crippen LogP) is 4.19. The van der Waals surface area contributed by atoms with Crippen LogP contribution in [0.15, 0.2) is 46.9 Å². The molecule has 2 unspecified atom stereocenters. The van der Waals surface area contributed by atoms with Crippen LogP contribution in [0.3, 0.4) is 0 Å². The van der Waals surface area contributed by atoms with Crippen molar-refractivity contribution < 1.29 is 13.5 Å². The minimum atomic E-state index is -0.447. The van der Waals surface area contributed by atoms with Gasteiger partial charge in [-0.25, -0.2) is 8.78 Å². The van der Waals surface area contributed by atoms with Crippen LogP contribution < -0.4 is 10.5 Å². The van der Waals surface area contributed by atoms with Gasteiger partial charge in [0.15, 0.2) is 0 Å². The van der Waals surface area contributed by atoms with Gasteiger partial charge in [0.05, 0.1) is 4.47 Å². The van der Waals surface area contributed by atoms with Crippen LogP contribution in [0.25, 0.3) is 0 Å². The van der Waals surface area contributed by atoms with Crippen LogP contribution in [0.4, 0.5) is 8.78 Å². The smallest absolute Gasteiger partial charge is 0.139 e. The highest BCUT2D eigenvalue weighted by atomic mass is 79.9. The standard InChI is InChI=1S/C15H14BrF2NO/c1-9(19)15(10-2-4-11(17)5-3-10)20-14-7-6-12(18)8-13(14)16/h2-9,15H,19H2,1H3. The summed E-state index contributed by atoms with van der Waals surface area (Å²) in [6.07, 6.45) is -0.447. The van der Waals surface area contributed by atoms with Gasteiger partial charge in [-0.3, -0.25) is 0 Å². The summed E-state index contributed by atoms with van der Waals surface area (Å²) in [5.41, 5.74) is 6.69. The van der Waals surface area contributed by atoms with Crippen LogP contribution in [0.2, 0.25) is 0 Å². The van der Waals surface area contributed by atoms with Gasteiger partial charge < -0.3 is 10.5 Å². The minimum Gasteiger partial charge on any atom is -0.483 e. The molecule has 0 aliphatic heterocycles. The Morgan fingerprint density at radius 2 is 1.65 bits per heavy atom. The topological polar surface area (TPSA) is 35.2 Å². The van der Waals surface area contributed by atoms with E-state index in [0.29, 0.717) is 10.2 Å². The molecule has 0 heterocycles. The fourth-order valence-electron chi connectivity index (χ4n) is 1.84. The largest absolute Gasteiger partial charge is 0.483 e. The van der Waals surface area contributed by atoms with Crippen molar-refractivity contribution in [2.24, 2.45) is 5.73 Å². The normalized spacial score (nSPS) is 13.8. The monoisotopic (exact) mass is 341 g/mol. The second kappa shape index (κ2) is 6.33. The van der Waals surface area contributed by atoms with Crippen LogP contribution in [-0.2, 0) is 0 Å². The Balaban J connectivity index is 2.28. The Bertz CT molecular complexity index is 587. The van der Waals surface area contributed by atoms with Crippen LogP contribution in [-0.4, -0.2) is 6.04 Å². The zero-order chi connectivity index (χ0) is 14.7. The van der Waals surface area contributed by atoms with Gasteiger partial charge in [0.25, 0.3) is 0 Å². The van der Waals surface area contributed by atoms with E-state index in [0.717, 1.165) is 5.56 Å². The van der Waals surface area contributed by atoms with E-state index < -0.39 is 6.10 Å². The summed E-state index contributed by atoms with van der Waals surface area (Å²) < 4.78 is 32.4. The Labute approximate surface area is 124 Å². The highest BCUT2D eigenvalue weighted by molar-refractivity contribution is 9.10. The molecule has 0 radical (unpaired) electrons. The lowest BCUT2D eigenvalue weighted by Crippen LogP contribution is -2.29. The summed E-state index contributed by atoms with van der Waals surface area (Å²) in [6, 6.07) is 9.81. The van der Waals surface area contributed by atoms with Crippen molar-refractivity contribution in [3.05, 3.63) is 64.1 Å². The molecule has 2 nitrogen and oxygen atoms in total. The first kappa shape index (κ1) is 14.9. The lowest BCUT2D eigenvalue weighted by Gasteiger charge is -2.23. The zero-order valence-electron chi connectivity index (χ0n) is 10.8. The SMILES string of the molecule is CC(N)C(Oc1ccc(F)cc1Br)c1ccc(F)cc1. The van der Waals surface area contributed by atoms with E-state index in [-0.39, 0.29) is 17.7 Å². The second-order valence-corrected chi connectivity index (χ2v) is 5.38. The van der Waals surface area contributed by atoms with Gasteiger partial charge in [-0.2, -0.15) is 0 Å². The molecule has 2 aromatic carbocycles. The average molecular weight is 342 g/mol. The Kier molecular flexibility index (Phi) is 4.73. The highest BCUT2D eigenvalue weighted by Crippen LogP contribution is 2.31. The number of ether oxygens (including phenoxy) is 1. The minimum absolute atomic E-state index is 0.308. The van der Waals surface area contributed by atoms with Gasteiger partial charge in [-0.1, -0.05) is 12.1 Å². The molecular weight excluding hydrogens is 328 g/mol. The molecule has 0 bridgehead atoms. The maximum Gasteiger partial charge on any atom is 0.139 e. The predicted molar refractivity (Wildman–Crippen MR) is 77.5 cm³/mol. The molecule has 106 valence electrons. The average Bonchev–Trinajstić information content (AvgIpc) is 2.39. The third kappa shape index (κ3) is 3.55. The fourth-order valence-corrected chi connectivity index (χ4v) is 2.28. The van der Waals surface area contributed by atoms with Crippen molar-refractivity contribution >= 4 is 15.9 Å². The van der Waals surface area contributed by atoms with Crippen molar-refractivity contribution in [2.75, 3.05) is 0 Å². The third-order valence-electron chi connectivity index (χ3n) is 2.82. The summed E-state index contributed by atoms with van der Waals surface area (Å²) in [7, 11) is 0. The number of rotatable bonds is 4. The van der Waals surface area contributed by atoms with E-state index in [4.69, 9.17) is 10.5 Å². The summed E-state index contributed by atoms with van der Waals surface area (Å²) in [4.78, 5) is 0. The molecule has 0 spiro atoms. The molecule has 0 aliphatic rings. The van der Waals surface area contributed by atoms with E-state index in [2.05, 4.69) is 15.9 Å².